The molecule has 2 aromatic rings. The van der Waals surface area contributed by atoms with Crippen LogP contribution in [0.5, 0.6) is 11.5 Å². The van der Waals surface area contributed by atoms with E-state index in [0.717, 1.165) is 34.8 Å². The molecule has 0 spiro atoms. The van der Waals surface area contributed by atoms with Crippen LogP contribution in [0.4, 0.5) is 5.82 Å². The molecule has 21 heavy (non-hydrogen) atoms. The summed E-state index contributed by atoms with van der Waals surface area (Å²) >= 11 is 0. The molecule has 1 aromatic heterocycles. The van der Waals surface area contributed by atoms with E-state index in [2.05, 4.69) is 25.9 Å². The summed E-state index contributed by atoms with van der Waals surface area (Å²) in [7, 11) is 0. The zero-order valence-corrected chi connectivity index (χ0v) is 12.6. The van der Waals surface area contributed by atoms with Gasteiger partial charge in [0.2, 0.25) is 0 Å². The number of nitrogen functional groups attached to an aromatic ring is 1. The Morgan fingerprint density at radius 3 is 2.57 bits per heavy atom. The van der Waals surface area contributed by atoms with E-state index in [9.17, 15) is 0 Å². The van der Waals surface area contributed by atoms with Gasteiger partial charge in [-0.25, -0.2) is 0 Å². The Morgan fingerprint density at radius 1 is 1.14 bits per heavy atom. The van der Waals surface area contributed by atoms with Gasteiger partial charge in [0.05, 0.1) is 5.56 Å². The molecule has 1 aromatic carbocycles. The highest BCUT2D eigenvalue weighted by Gasteiger charge is 2.23. The molecular formula is C16H20N2O3. The molecule has 1 aliphatic heterocycles. The summed E-state index contributed by atoms with van der Waals surface area (Å²) in [6.45, 7) is 7.60. The lowest BCUT2D eigenvalue weighted by Crippen LogP contribution is -2.15. The number of hydrogen-bond donors (Lipinski definition) is 1. The highest BCUT2D eigenvalue weighted by molar-refractivity contribution is 5.77. The fourth-order valence-electron chi connectivity index (χ4n) is 2.45. The van der Waals surface area contributed by atoms with Crippen molar-refractivity contribution in [3.05, 3.63) is 24.0 Å². The minimum atomic E-state index is 0.0918. The Balaban J connectivity index is 2.02. The fourth-order valence-corrected chi connectivity index (χ4v) is 2.45. The van der Waals surface area contributed by atoms with E-state index in [0.29, 0.717) is 19.0 Å². The Morgan fingerprint density at radius 2 is 1.86 bits per heavy atom. The van der Waals surface area contributed by atoms with Gasteiger partial charge in [-0.3, -0.25) is 0 Å². The predicted octanol–water partition coefficient (Wildman–Crippen LogP) is 3.28. The summed E-state index contributed by atoms with van der Waals surface area (Å²) in [6.07, 6.45) is 0.765. The first-order valence-corrected chi connectivity index (χ1v) is 7.08. The summed E-state index contributed by atoms with van der Waals surface area (Å²) in [5.74, 6) is 2.71. The number of anilines is 1. The van der Waals surface area contributed by atoms with Gasteiger partial charge in [-0.2, -0.15) is 0 Å². The van der Waals surface area contributed by atoms with Crippen molar-refractivity contribution in [3.63, 3.8) is 0 Å². The van der Waals surface area contributed by atoms with Crippen molar-refractivity contribution < 1.29 is 14.0 Å². The first kappa shape index (κ1) is 13.8. The van der Waals surface area contributed by atoms with Crippen LogP contribution in [-0.2, 0) is 6.42 Å². The Labute approximate surface area is 124 Å². The predicted molar refractivity (Wildman–Crippen MR) is 80.5 cm³/mol. The highest BCUT2D eigenvalue weighted by Crippen LogP contribution is 2.39. The number of benzene rings is 1. The van der Waals surface area contributed by atoms with Gasteiger partial charge in [-0.05, 0) is 23.1 Å². The first-order valence-electron chi connectivity index (χ1n) is 7.08. The molecule has 0 fully saturated rings. The maximum Gasteiger partial charge on any atom is 0.175 e. The van der Waals surface area contributed by atoms with Crippen LogP contribution in [0.15, 0.2) is 22.7 Å². The van der Waals surface area contributed by atoms with E-state index >= 15 is 0 Å². The average Bonchev–Trinajstić information content (AvgIpc) is 2.77. The Hall–Kier alpha value is -2.17. The van der Waals surface area contributed by atoms with Crippen molar-refractivity contribution in [1.29, 1.82) is 0 Å². The summed E-state index contributed by atoms with van der Waals surface area (Å²) < 4.78 is 16.6. The lowest BCUT2D eigenvalue weighted by atomic mass is 9.88. The summed E-state index contributed by atoms with van der Waals surface area (Å²) in [4.78, 5) is 0. The summed E-state index contributed by atoms with van der Waals surface area (Å²) in [6, 6.07) is 5.79. The van der Waals surface area contributed by atoms with Crippen LogP contribution in [0, 0.1) is 5.41 Å². The topological polar surface area (TPSA) is 70.5 Å². The van der Waals surface area contributed by atoms with Crippen molar-refractivity contribution >= 4 is 5.82 Å². The number of aromatic nitrogens is 1. The zero-order chi connectivity index (χ0) is 15.0. The van der Waals surface area contributed by atoms with Gasteiger partial charge >= 0.3 is 0 Å². The molecule has 1 aliphatic rings. The molecule has 112 valence electrons. The number of nitrogens with zero attached hydrogens (tertiary/aromatic N) is 1. The molecule has 0 saturated heterocycles. The maximum absolute atomic E-state index is 5.99. The van der Waals surface area contributed by atoms with Gasteiger partial charge in [-0.15, -0.1) is 0 Å². The average molecular weight is 288 g/mol. The SMILES string of the molecule is CC(C)(C)Cc1onc(N)c1-c1ccc2c(c1)OCCO2. The number of hydrogen-bond acceptors (Lipinski definition) is 5. The molecule has 0 aliphatic carbocycles. The van der Waals surface area contributed by atoms with Gasteiger partial charge in [0.15, 0.2) is 17.3 Å². The largest absolute Gasteiger partial charge is 0.486 e. The number of rotatable bonds is 2. The molecule has 0 radical (unpaired) electrons. The van der Waals surface area contributed by atoms with Gasteiger partial charge in [0.1, 0.15) is 19.0 Å². The third-order valence-corrected chi connectivity index (χ3v) is 3.31. The van der Waals surface area contributed by atoms with Crippen LogP contribution in [-0.4, -0.2) is 18.4 Å². The third kappa shape index (κ3) is 2.82. The van der Waals surface area contributed by atoms with Crippen molar-refractivity contribution in [2.24, 2.45) is 5.41 Å². The number of fused-ring (bicyclic) bond motifs is 1. The van der Waals surface area contributed by atoms with Gasteiger partial charge in [-0.1, -0.05) is 32.0 Å². The lowest BCUT2D eigenvalue weighted by Gasteiger charge is -2.19. The van der Waals surface area contributed by atoms with Crippen LogP contribution < -0.4 is 15.2 Å². The second kappa shape index (κ2) is 4.98. The monoisotopic (exact) mass is 288 g/mol. The molecule has 0 unspecified atom stereocenters. The van der Waals surface area contributed by atoms with Crippen LogP contribution in [0.25, 0.3) is 11.1 Å². The maximum atomic E-state index is 5.99. The van der Waals surface area contributed by atoms with E-state index in [-0.39, 0.29) is 5.41 Å². The van der Waals surface area contributed by atoms with E-state index in [4.69, 9.17) is 19.7 Å². The van der Waals surface area contributed by atoms with Gasteiger partial charge in [0, 0.05) is 6.42 Å². The van der Waals surface area contributed by atoms with Crippen LogP contribution in [0.2, 0.25) is 0 Å². The van der Waals surface area contributed by atoms with E-state index < -0.39 is 0 Å². The first-order chi connectivity index (χ1) is 9.94. The second-order valence-electron chi connectivity index (χ2n) is 6.46. The molecule has 5 nitrogen and oxygen atoms in total. The molecular weight excluding hydrogens is 268 g/mol. The minimum absolute atomic E-state index is 0.0918. The van der Waals surface area contributed by atoms with Gasteiger partial charge in [0.25, 0.3) is 0 Å². The molecule has 0 bridgehead atoms. The van der Waals surface area contributed by atoms with Crippen molar-refractivity contribution in [3.8, 4) is 22.6 Å². The Bertz CT molecular complexity index is 656. The lowest BCUT2D eigenvalue weighted by molar-refractivity contribution is 0.171. The minimum Gasteiger partial charge on any atom is -0.486 e. The second-order valence-corrected chi connectivity index (χ2v) is 6.46. The number of nitrogens with two attached hydrogens (primary N) is 1. The van der Waals surface area contributed by atoms with Crippen molar-refractivity contribution in [2.45, 2.75) is 27.2 Å². The van der Waals surface area contributed by atoms with Crippen molar-refractivity contribution in [1.82, 2.24) is 5.16 Å². The number of ether oxygens (including phenoxy) is 2. The molecule has 5 heteroatoms. The zero-order valence-electron chi connectivity index (χ0n) is 12.6. The third-order valence-electron chi connectivity index (χ3n) is 3.31. The molecule has 2 heterocycles. The van der Waals surface area contributed by atoms with E-state index in [1.165, 1.54) is 0 Å². The molecule has 0 saturated carbocycles. The molecule has 2 N–H and O–H groups in total. The summed E-state index contributed by atoms with van der Waals surface area (Å²) in [5.41, 5.74) is 7.87. The van der Waals surface area contributed by atoms with Crippen molar-refractivity contribution in [2.75, 3.05) is 18.9 Å². The standard InChI is InChI=1S/C16H20N2O3/c1-16(2,3)9-13-14(15(17)18-21-13)10-4-5-11-12(8-10)20-7-6-19-11/h4-5,8H,6-7,9H2,1-3H3,(H2,17,18). The quantitative estimate of drug-likeness (QED) is 0.918. The molecule has 3 rings (SSSR count). The molecule has 0 atom stereocenters. The van der Waals surface area contributed by atoms with Crippen LogP contribution >= 0.6 is 0 Å². The van der Waals surface area contributed by atoms with E-state index in [1.54, 1.807) is 0 Å². The normalized spacial score (nSPS) is 14.2. The fraction of sp³-hybridized carbons (Fsp3) is 0.438. The van der Waals surface area contributed by atoms with Gasteiger partial charge < -0.3 is 19.7 Å². The smallest absolute Gasteiger partial charge is 0.175 e. The van der Waals surface area contributed by atoms with Crippen LogP contribution in [0.1, 0.15) is 26.5 Å². The van der Waals surface area contributed by atoms with E-state index in [1.807, 2.05) is 18.2 Å². The van der Waals surface area contributed by atoms with Crippen LogP contribution in [0.3, 0.4) is 0 Å². The highest BCUT2D eigenvalue weighted by atomic mass is 16.6. The summed E-state index contributed by atoms with van der Waals surface area (Å²) in [5, 5.41) is 3.92. The molecule has 0 amide bonds. The Kier molecular flexibility index (Phi) is 3.27.